The SMILES string of the molecule is Oc1cccc(Nc2ccnc3ccc(Br)cc23)c1. The fourth-order valence-corrected chi connectivity index (χ4v) is 2.33. The number of fused-ring (bicyclic) bond motifs is 1. The van der Waals surface area contributed by atoms with Gasteiger partial charge in [-0.05, 0) is 36.4 Å². The van der Waals surface area contributed by atoms with Crippen LogP contribution in [0.2, 0.25) is 0 Å². The zero-order valence-electron chi connectivity index (χ0n) is 9.97. The van der Waals surface area contributed by atoms with Gasteiger partial charge >= 0.3 is 0 Å². The van der Waals surface area contributed by atoms with Crippen molar-refractivity contribution in [1.82, 2.24) is 4.98 Å². The highest BCUT2D eigenvalue weighted by atomic mass is 79.9. The molecule has 3 rings (SSSR count). The van der Waals surface area contributed by atoms with E-state index in [0.29, 0.717) is 0 Å². The van der Waals surface area contributed by atoms with Crippen LogP contribution in [0, 0.1) is 0 Å². The number of pyridine rings is 1. The van der Waals surface area contributed by atoms with Crippen LogP contribution >= 0.6 is 15.9 Å². The molecule has 0 spiro atoms. The van der Waals surface area contributed by atoms with Crippen molar-refractivity contribution in [1.29, 1.82) is 0 Å². The predicted octanol–water partition coefficient (Wildman–Crippen LogP) is 4.45. The number of halogens is 1. The first-order chi connectivity index (χ1) is 9.22. The molecule has 0 atom stereocenters. The van der Waals surface area contributed by atoms with Crippen molar-refractivity contribution in [3.05, 3.63) is 59.2 Å². The Morgan fingerprint density at radius 1 is 1.05 bits per heavy atom. The lowest BCUT2D eigenvalue weighted by Gasteiger charge is -2.10. The lowest BCUT2D eigenvalue weighted by molar-refractivity contribution is 0.475. The van der Waals surface area contributed by atoms with Gasteiger partial charge in [-0.15, -0.1) is 0 Å². The molecular formula is C15H11BrN2O. The summed E-state index contributed by atoms with van der Waals surface area (Å²) >= 11 is 3.47. The maximum absolute atomic E-state index is 9.49. The Bertz CT molecular complexity index is 743. The van der Waals surface area contributed by atoms with Crippen molar-refractivity contribution in [3.8, 4) is 5.75 Å². The Balaban J connectivity index is 2.07. The van der Waals surface area contributed by atoms with E-state index in [1.807, 2.05) is 30.3 Å². The Kier molecular flexibility index (Phi) is 3.09. The summed E-state index contributed by atoms with van der Waals surface area (Å²) in [6, 6.07) is 14.9. The zero-order chi connectivity index (χ0) is 13.2. The smallest absolute Gasteiger partial charge is 0.117 e. The molecule has 0 saturated heterocycles. The molecule has 0 aliphatic carbocycles. The van der Waals surface area contributed by atoms with E-state index in [0.717, 1.165) is 26.8 Å². The summed E-state index contributed by atoms with van der Waals surface area (Å²) in [6.45, 7) is 0. The molecule has 1 heterocycles. The summed E-state index contributed by atoms with van der Waals surface area (Å²) in [6.07, 6.45) is 1.77. The molecule has 0 fully saturated rings. The molecule has 3 nitrogen and oxygen atoms in total. The van der Waals surface area contributed by atoms with E-state index >= 15 is 0 Å². The van der Waals surface area contributed by atoms with Gasteiger partial charge in [-0.25, -0.2) is 0 Å². The number of nitrogens with zero attached hydrogens (tertiary/aromatic N) is 1. The third kappa shape index (κ3) is 2.53. The van der Waals surface area contributed by atoms with Crippen LogP contribution in [0.3, 0.4) is 0 Å². The van der Waals surface area contributed by atoms with Gasteiger partial charge in [-0.2, -0.15) is 0 Å². The van der Waals surface area contributed by atoms with Gasteiger partial charge in [0.2, 0.25) is 0 Å². The molecule has 4 heteroatoms. The van der Waals surface area contributed by atoms with Gasteiger partial charge in [0.05, 0.1) is 5.52 Å². The number of phenolic OH excluding ortho intramolecular Hbond substituents is 1. The highest BCUT2D eigenvalue weighted by molar-refractivity contribution is 9.10. The Morgan fingerprint density at radius 3 is 2.79 bits per heavy atom. The van der Waals surface area contributed by atoms with Gasteiger partial charge in [0.25, 0.3) is 0 Å². The monoisotopic (exact) mass is 314 g/mol. The molecule has 94 valence electrons. The molecule has 0 saturated carbocycles. The molecule has 0 aliphatic rings. The normalized spacial score (nSPS) is 10.6. The summed E-state index contributed by atoms with van der Waals surface area (Å²) in [5.74, 6) is 0.240. The topological polar surface area (TPSA) is 45.1 Å². The number of aromatic hydroxyl groups is 1. The number of aromatic nitrogens is 1. The summed E-state index contributed by atoms with van der Waals surface area (Å²) in [5.41, 5.74) is 2.72. The van der Waals surface area contributed by atoms with Crippen LogP contribution in [0.4, 0.5) is 11.4 Å². The largest absolute Gasteiger partial charge is 0.508 e. The van der Waals surface area contributed by atoms with Crippen molar-refractivity contribution in [2.75, 3.05) is 5.32 Å². The molecule has 0 radical (unpaired) electrons. The third-order valence-corrected chi connectivity index (χ3v) is 3.32. The van der Waals surface area contributed by atoms with Gasteiger partial charge < -0.3 is 10.4 Å². The first kappa shape index (κ1) is 12.0. The summed E-state index contributed by atoms with van der Waals surface area (Å²) in [5, 5.41) is 13.8. The number of phenols is 1. The molecule has 2 aromatic carbocycles. The van der Waals surface area contributed by atoms with Gasteiger partial charge in [0.15, 0.2) is 0 Å². The Hall–Kier alpha value is -2.07. The van der Waals surface area contributed by atoms with E-state index in [9.17, 15) is 5.11 Å². The van der Waals surface area contributed by atoms with E-state index < -0.39 is 0 Å². The fourth-order valence-electron chi connectivity index (χ4n) is 1.97. The minimum Gasteiger partial charge on any atom is -0.508 e. The van der Waals surface area contributed by atoms with Crippen LogP contribution in [0.5, 0.6) is 5.75 Å². The number of hydrogen-bond donors (Lipinski definition) is 2. The van der Waals surface area contributed by atoms with Crippen molar-refractivity contribution in [3.63, 3.8) is 0 Å². The second-order valence-electron chi connectivity index (χ2n) is 4.20. The number of anilines is 2. The number of hydrogen-bond acceptors (Lipinski definition) is 3. The first-order valence-corrected chi connectivity index (χ1v) is 6.62. The van der Waals surface area contributed by atoms with E-state index in [1.165, 1.54) is 0 Å². The Labute approximate surface area is 119 Å². The first-order valence-electron chi connectivity index (χ1n) is 5.83. The molecule has 0 bridgehead atoms. The average molecular weight is 315 g/mol. The minimum atomic E-state index is 0.240. The number of rotatable bonds is 2. The summed E-state index contributed by atoms with van der Waals surface area (Å²) in [4.78, 5) is 4.33. The van der Waals surface area contributed by atoms with Gasteiger partial charge in [0.1, 0.15) is 5.75 Å². The van der Waals surface area contributed by atoms with Gasteiger partial charge in [-0.1, -0.05) is 22.0 Å². The molecule has 2 N–H and O–H groups in total. The molecule has 19 heavy (non-hydrogen) atoms. The third-order valence-electron chi connectivity index (χ3n) is 2.83. The van der Waals surface area contributed by atoms with Crippen LogP contribution in [-0.4, -0.2) is 10.1 Å². The highest BCUT2D eigenvalue weighted by Gasteiger charge is 2.03. The lowest BCUT2D eigenvalue weighted by atomic mass is 10.2. The minimum absolute atomic E-state index is 0.240. The van der Waals surface area contributed by atoms with Gasteiger partial charge in [-0.3, -0.25) is 4.98 Å². The molecular weight excluding hydrogens is 304 g/mol. The fraction of sp³-hybridized carbons (Fsp3) is 0. The second-order valence-corrected chi connectivity index (χ2v) is 5.11. The van der Waals surface area contributed by atoms with Crippen molar-refractivity contribution >= 4 is 38.2 Å². The standard InChI is InChI=1S/C15H11BrN2O/c16-10-4-5-14-13(8-10)15(6-7-17-14)18-11-2-1-3-12(19)9-11/h1-9,19H,(H,17,18). The van der Waals surface area contributed by atoms with Crippen molar-refractivity contribution in [2.45, 2.75) is 0 Å². The highest BCUT2D eigenvalue weighted by Crippen LogP contribution is 2.28. The Morgan fingerprint density at radius 2 is 1.95 bits per heavy atom. The maximum atomic E-state index is 9.49. The summed E-state index contributed by atoms with van der Waals surface area (Å²) < 4.78 is 1.01. The molecule has 0 amide bonds. The number of nitrogens with one attached hydrogen (secondary N) is 1. The van der Waals surface area contributed by atoms with Crippen LogP contribution in [0.1, 0.15) is 0 Å². The zero-order valence-corrected chi connectivity index (χ0v) is 11.6. The van der Waals surface area contributed by atoms with Crippen LogP contribution in [-0.2, 0) is 0 Å². The van der Waals surface area contributed by atoms with Crippen LogP contribution < -0.4 is 5.32 Å². The van der Waals surface area contributed by atoms with Crippen molar-refractivity contribution in [2.24, 2.45) is 0 Å². The second kappa shape index (κ2) is 4.90. The molecule has 3 aromatic rings. The summed E-state index contributed by atoms with van der Waals surface area (Å²) in [7, 11) is 0. The van der Waals surface area contributed by atoms with Crippen LogP contribution in [0.15, 0.2) is 59.2 Å². The van der Waals surface area contributed by atoms with Gasteiger partial charge in [0, 0.05) is 33.5 Å². The lowest BCUT2D eigenvalue weighted by Crippen LogP contribution is -1.92. The van der Waals surface area contributed by atoms with E-state index in [1.54, 1.807) is 24.4 Å². The molecule has 1 aromatic heterocycles. The number of benzene rings is 2. The predicted molar refractivity (Wildman–Crippen MR) is 80.8 cm³/mol. The average Bonchev–Trinajstić information content (AvgIpc) is 2.39. The van der Waals surface area contributed by atoms with E-state index in [-0.39, 0.29) is 5.75 Å². The molecule has 0 unspecified atom stereocenters. The molecule has 0 aliphatic heterocycles. The van der Waals surface area contributed by atoms with Crippen LogP contribution in [0.25, 0.3) is 10.9 Å². The maximum Gasteiger partial charge on any atom is 0.117 e. The van der Waals surface area contributed by atoms with Crippen molar-refractivity contribution < 1.29 is 5.11 Å². The quantitative estimate of drug-likeness (QED) is 0.734. The van der Waals surface area contributed by atoms with E-state index in [2.05, 4.69) is 26.2 Å². The van der Waals surface area contributed by atoms with E-state index in [4.69, 9.17) is 0 Å².